The summed E-state index contributed by atoms with van der Waals surface area (Å²) >= 11 is 0. The van der Waals surface area contributed by atoms with Gasteiger partial charge in [0.2, 0.25) is 0 Å². The number of aryl methyl sites for hydroxylation is 1. The summed E-state index contributed by atoms with van der Waals surface area (Å²) in [6.07, 6.45) is -4.45. The number of ether oxygens (including phenoxy) is 1. The predicted molar refractivity (Wildman–Crippen MR) is 67.1 cm³/mol. The Morgan fingerprint density at radius 1 is 1.25 bits per heavy atom. The van der Waals surface area contributed by atoms with E-state index < -0.39 is 11.7 Å². The van der Waals surface area contributed by atoms with Gasteiger partial charge in [-0.05, 0) is 30.7 Å². The van der Waals surface area contributed by atoms with Gasteiger partial charge in [-0.3, -0.25) is 0 Å². The first-order chi connectivity index (χ1) is 9.41. The van der Waals surface area contributed by atoms with Crippen LogP contribution in [-0.4, -0.2) is 0 Å². The quantitative estimate of drug-likeness (QED) is 0.932. The standard InChI is InChI=1S/C14H14F3NO2/c1-9-6-10(20-13(9)7-18)8-19-12-5-3-2-4-11(12)14(15,16)17/h2-6H,7-8,18H2,1H3. The number of hydrogen-bond acceptors (Lipinski definition) is 3. The lowest BCUT2D eigenvalue weighted by molar-refractivity contribution is -0.139. The molecule has 0 aliphatic carbocycles. The molecule has 2 N–H and O–H groups in total. The molecule has 0 aliphatic heterocycles. The maximum absolute atomic E-state index is 12.8. The van der Waals surface area contributed by atoms with Gasteiger partial charge in [-0.25, -0.2) is 0 Å². The van der Waals surface area contributed by atoms with Crippen molar-refractivity contribution >= 4 is 0 Å². The van der Waals surface area contributed by atoms with Crippen LogP contribution in [0.4, 0.5) is 13.2 Å². The molecule has 0 radical (unpaired) electrons. The minimum Gasteiger partial charge on any atom is -0.485 e. The number of halogens is 3. The van der Waals surface area contributed by atoms with Crippen LogP contribution in [0.25, 0.3) is 0 Å². The van der Waals surface area contributed by atoms with Crippen LogP contribution in [0, 0.1) is 6.92 Å². The van der Waals surface area contributed by atoms with Crippen LogP contribution in [0.1, 0.15) is 22.6 Å². The Bertz CT molecular complexity index is 590. The molecule has 0 saturated carbocycles. The van der Waals surface area contributed by atoms with Gasteiger partial charge in [0.1, 0.15) is 23.9 Å². The van der Waals surface area contributed by atoms with Crippen molar-refractivity contribution < 1.29 is 22.3 Å². The molecule has 0 fully saturated rings. The summed E-state index contributed by atoms with van der Waals surface area (Å²) < 4.78 is 48.9. The van der Waals surface area contributed by atoms with Gasteiger partial charge in [0.25, 0.3) is 0 Å². The van der Waals surface area contributed by atoms with Gasteiger partial charge in [-0.15, -0.1) is 0 Å². The van der Waals surface area contributed by atoms with E-state index in [2.05, 4.69) is 0 Å². The fraction of sp³-hybridized carbons (Fsp3) is 0.286. The summed E-state index contributed by atoms with van der Waals surface area (Å²) in [5.41, 5.74) is 5.52. The number of benzene rings is 1. The average molecular weight is 285 g/mol. The van der Waals surface area contributed by atoms with Crippen molar-refractivity contribution in [2.24, 2.45) is 5.73 Å². The van der Waals surface area contributed by atoms with E-state index in [0.717, 1.165) is 11.6 Å². The molecule has 0 spiro atoms. The molecule has 1 aromatic carbocycles. The van der Waals surface area contributed by atoms with Crippen molar-refractivity contribution in [2.75, 3.05) is 0 Å². The fourth-order valence-corrected chi connectivity index (χ4v) is 1.84. The lowest BCUT2D eigenvalue weighted by Crippen LogP contribution is -2.08. The SMILES string of the molecule is Cc1cc(COc2ccccc2C(F)(F)F)oc1CN. The Morgan fingerprint density at radius 2 is 1.95 bits per heavy atom. The molecule has 0 atom stereocenters. The molecule has 0 amide bonds. The summed E-state index contributed by atoms with van der Waals surface area (Å²) in [5.74, 6) is 0.830. The monoisotopic (exact) mass is 285 g/mol. The van der Waals surface area contributed by atoms with Crippen molar-refractivity contribution in [1.29, 1.82) is 0 Å². The molecule has 0 aliphatic rings. The third-order valence-electron chi connectivity index (χ3n) is 2.82. The van der Waals surface area contributed by atoms with Crippen LogP contribution in [0.5, 0.6) is 5.75 Å². The van der Waals surface area contributed by atoms with Crippen molar-refractivity contribution in [2.45, 2.75) is 26.3 Å². The van der Waals surface area contributed by atoms with Gasteiger partial charge in [0, 0.05) is 0 Å². The van der Waals surface area contributed by atoms with E-state index in [0.29, 0.717) is 11.5 Å². The van der Waals surface area contributed by atoms with E-state index in [1.165, 1.54) is 18.2 Å². The zero-order valence-electron chi connectivity index (χ0n) is 10.8. The minimum absolute atomic E-state index is 0.0755. The van der Waals surface area contributed by atoms with Crippen molar-refractivity contribution in [3.05, 3.63) is 53.0 Å². The highest BCUT2D eigenvalue weighted by molar-refractivity contribution is 5.35. The molecule has 6 heteroatoms. The summed E-state index contributed by atoms with van der Waals surface area (Å²) in [6.45, 7) is 1.98. The molecule has 0 saturated heterocycles. The third-order valence-corrected chi connectivity index (χ3v) is 2.82. The van der Waals surface area contributed by atoms with Crippen LogP contribution in [0.2, 0.25) is 0 Å². The maximum atomic E-state index is 12.8. The number of para-hydroxylation sites is 1. The molecule has 20 heavy (non-hydrogen) atoms. The molecule has 2 rings (SSSR count). The maximum Gasteiger partial charge on any atom is 0.419 e. The van der Waals surface area contributed by atoms with E-state index in [4.69, 9.17) is 14.9 Å². The lowest BCUT2D eigenvalue weighted by Gasteiger charge is -2.12. The highest BCUT2D eigenvalue weighted by atomic mass is 19.4. The first-order valence-corrected chi connectivity index (χ1v) is 5.99. The normalized spacial score (nSPS) is 11.7. The Labute approximate surface area is 114 Å². The first kappa shape index (κ1) is 14.5. The number of furan rings is 1. The number of alkyl halides is 3. The smallest absolute Gasteiger partial charge is 0.419 e. The van der Waals surface area contributed by atoms with Crippen molar-refractivity contribution in [3.8, 4) is 5.75 Å². The molecule has 2 aromatic rings. The average Bonchev–Trinajstić information content (AvgIpc) is 2.76. The van der Waals surface area contributed by atoms with Crippen LogP contribution in [0.3, 0.4) is 0 Å². The van der Waals surface area contributed by atoms with Gasteiger partial charge in [-0.2, -0.15) is 13.2 Å². The molecular weight excluding hydrogens is 271 g/mol. The van der Waals surface area contributed by atoms with Crippen molar-refractivity contribution in [3.63, 3.8) is 0 Å². The Balaban J connectivity index is 2.15. The molecule has 1 heterocycles. The first-order valence-electron chi connectivity index (χ1n) is 5.99. The second-order valence-corrected chi connectivity index (χ2v) is 4.31. The number of nitrogens with two attached hydrogens (primary N) is 1. The Hall–Kier alpha value is -1.95. The predicted octanol–water partition coefficient (Wildman–Crippen LogP) is 3.64. The summed E-state index contributed by atoms with van der Waals surface area (Å²) in [6, 6.07) is 6.78. The second kappa shape index (κ2) is 5.58. The van der Waals surface area contributed by atoms with Crippen LogP contribution in [-0.2, 0) is 19.3 Å². The fourth-order valence-electron chi connectivity index (χ4n) is 1.84. The van der Waals surface area contributed by atoms with Gasteiger partial charge < -0.3 is 14.9 Å². The second-order valence-electron chi connectivity index (χ2n) is 4.31. The highest BCUT2D eigenvalue weighted by Crippen LogP contribution is 2.36. The molecule has 0 unspecified atom stereocenters. The summed E-state index contributed by atoms with van der Waals surface area (Å²) in [4.78, 5) is 0. The van der Waals surface area contributed by atoms with Gasteiger partial charge in [0.05, 0.1) is 12.1 Å². The van der Waals surface area contributed by atoms with E-state index in [-0.39, 0.29) is 18.9 Å². The highest BCUT2D eigenvalue weighted by Gasteiger charge is 2.34. The van der Waals surface area contributed by atoms with Crippen LogP contribution < -0.4 is 10.5 Å². The molecular formula is C14H14F3NO2. The van der Waals surface area contributed by atoms with E-state index >= 15 is 0 Å². The molecule has 3 nitrogen and oxygen atoms in total. The molecule has 108 valence electrons. The van der Waals surface area contributed by atoms with Crippen molar-refractivity contribution in [1.82, 2.24) is 0 Å². The van der Waals surface area contributed by atoms with E-state index in [9.17, 15) is 13.2 Å². The third kappa shape index (κ3) is 3.14. The summed E-state index contributed by atoms with van der Waals surface area (Å²) in [5, 5.41) is 0. The summed E-state index contributed by atoms with van der Waals surface area (Å²) in [7, 11) is 0. The lowest BCUT2D eigenvalue weighted by atomic mass is 10.2. The Morgan fingerprint density at radius 3 is 2.55 bits per heavy atom. The van der Waals surface area contributed by atoms with Gasteiger partial charge in [0.15, 0.2) is 0 Å². The zero-order valence-corrected chi connectivity index (χ0v) is 10.8. The topological polar surface area (TPSA) is 48.4 Å². The molecule has 1 aromatic heterocycles. The van der Waals surface area contributed by atoms with Gasteiger partial charge >= 0.3 is 6.18 Å². The largest absolute Gasteiger partial charge is 0.485 e. The number of hydrogen-bond donors (Lipinski definition) is 1. The van der Waals surface area contributed by atoms with E-state index in [1.54, 1.807) is 6.07 Å². The zero-order chi connectivity index (χ0) is 14.8. The van der Waals surface area contributed by atoms with Gasteiger partial charge in [-0.1, -0.05) is 12.1 Å². The number of rotatable bonds is 4. The molecule has 0 bridgehead atoms. The minimum atomic E-state index is -4.45. The van der Waals surface area contributed by atoms with Crippen LogP contribution in [0.15, 0.2) is 34.7 Å². The van der Waals surface area contributed by atoms with Crippen LogP contribution >= 0.6 is 0 Å². The Kier molecular flexibility index (Phi) is 4.04. The van der Waals surface area contributed by atoms with E-state index in [1.807, 2.05) is 6.92 Å².